The van der Waals surface area contributed by atoms with Crippen LogP contribution < -0.4 is 10.1 Å². The van der Waals surface area contributed by atoms with Gasteiger partial charge in [0.15, 0.2) is 6.61 Å². The van der Waals surface area contributed by atoms with Crippen molar-refractivity contribution in [2.75, 3.05) is 13.2 Å². The standard InChI is InChI=1S/C11H11ClN2O4/c1-8(12)6-13-11(15)7-18-10-4-2-3-9(5-10)14(16)17/h2-5H,1,6-7H2,(H,13,15). The average Bonchev–Trinajstić information content (AvgIpc) is 2.34. The first-order valence-electron chi connectivity index (χ1n) is 4.96. The lowest BCUT2D eigenvalue weighted by atomic mass is 10.3. The van der Waals surface area contributed by atoms with Crippen molar-refractivity contribution in [3.63, 3.8) is 0 Å². The number of rotatable bonds is 6. The van der Waals surface area contributed by atoms with Crippen molar-refractivity contribution >= 4 is 23.2 Å². The van der Waals surface area contributed by atoms with Crippen molar-refractivity contribution in [1.29, 1.82) is 0 Å². The molecule has 18 heavy (non-hydrogen) atoms. The lowest BCUT2D eigenvalue weighted by Crippen LogP contribution is -2.29. The fourth-order valence-corrected chi connectivity index (χ4v) is 1.15. The number of amides is 1. The largest absolute Gasteiger partial charge is 0.484 e. The van der Waals surface area contributed by atoms with Crippen LogP contribution in [-0.4, -0.2) is 24.0 Å². The van der Waals surface area contributed by atoms with Gasteiger partial charge in [-0.1, -0.05) is 24.2 Å². The normalized spacial score (nSPS) is 9.61. The van der Waals surface area contributed by atoms with Crippen LogP contribution in [0, 0.1) is 10.1 Å². The number of hydrogen-bond donors (Lipinski definition) is 1. The maximum absolute atomic E-state index is 11.3. The zero-order chi connectivity index (χ0) is 13.5. The molecule has 0 aliphatic heterocycles. The molecule has 1 aromatic carbocycles. The van der Waals surface area contributed by atoms with Crippen molar-refractivity contribution < 1.29 is 14.5 Å². The third kappa shape index (κ3) is 4.84. The first kappa shape index (κ1) is 14.0. The topological polar surface area (TPSA) is 81.5 Å². The zero-order valence-electron chi connectivity index (χ0n) is 9.39. The second-order valence-electron chi connectivity index (χ2n) is 3.34. The summed E-state index contributed by atoms with van der Waals surface area (Å²) in [6.07, 6.45) is 0. The van der Waals surface area contributed by atoms with Crippen molar-refractivity contribution in [1.82, 2.24) is 5.32 Å². The Balaban J connectivity index is 2.48. The second-order valence-corrected chi connectivity index (χ2v) is 3.87. The molecule has 1 amide bonds. The van der Waals surface area contributed by atoms with E-state index in [9.17, 15) is 14.9 Å². The van der Waals surface area contributed by atoms with Gasteiger partial charge < -0.3 is 10.1 Å². The summed E-state index contributed by atoms with van der Waals surface area (Å²) in [6.45, 7) is 3.32. The molecule has 7 heteroatoms. The summed E-state index contributed by atoms with van der Waals surface area (Å²) in [4.78, 5) is 21.2. The van der Waals surface area contributed by atoms with Crippen LogP contribution in [0.3, 0.4) is 0 Å². The Kier molecular flexibility index (Phi) is 5.13. The van der Waals surface area contributed by atoms with Crippen LogP contribution in [0.5, 0.6) is 5.75 Å². The molecule has 0 fully saturated rings. The molecule has 96 valence electrons. The molecule has 0 aromatic heterocycles. The minimum absolute atomic E-state index is 0.0953. The van der Waals surface area contributed by atoms with Crippen LogP contribution in [0.4, 0.5) is 5.69 Å². The van der Waals surface area contributed by atoms with E-state index in [-0.39, 0.29) is 30.5 Å². The highest BCUT2D eigenvalue weighted by Crippen LogP contribution is 2.18. The van der Waals surface area contributed by atoms with E-state index in [1.54, 1.807) is 0 Å². The fourth-order valence-electron chi connectivity index (χ4n) is 1.08. The number of non-ortho nitro benzene ring substituents is 1. The number of nitro benzene ring substituents is 1. The summed E-state index contributed by atoms with van der Waals surface area (Å²) < 4.78 is 5.10. The SMILES string of the molecule is C=C(Cl)CNC(=O)COc1cccc([N+](=O)[O-])c1. The summed E-state index contributed by atoms with van der Waals surface area (Å²) in [5, 5.41) is 13.3. The number of carbonyl (C=O) groups is 1. The van der Waals surface area contributed by atoms with E-state index in [2.05, 4.69) is 11.9 Å². The predicted octanol–water partition coefficient (Wildman–Crippen LogP) is 1.84. The Morgan fingerprint density at radius 1 is 1.56 bits per heavy atom. The van der Waals surface area contributed by atoms with Gasteiger partial charge in [-0.3, -0.25) is 14.9 Å². The predicted molar refractivity (Wildman–Crippen MR) is 66.6 cm³/mol. The summed E-state index contributed by atoms with van der Waals surface area (Å²) in [6, 6.07) is 5.59. The third-order valence-corrected chi connectivity index (χ3v) is 2.01. The number of benzene rings is 1. The lowest BCUT2D eigenvalue weighted by Gasteiger charge is -2.06. The first-order valence-corrected chi connectivity index (χ1v) is 5.34. The van der Waals surface area contributed by atoms with Gasteiger partial charge in [-0.05, 0) is 6.07 Å². The van der Waals surface area contributed by atoms with Gasteiger partial charge in [0.1, 0.15) is 5.75 Å². The number of nitrogens with one attached hydrogen (secondary N) is 1. The minimum Gasteiger partial charge on any atom is -0.484 e. The summed E-state index contributed by atoms with van der Waals surface area (Å²) in [5.74, 6) is -0.132. The Bertz CT molecular complexity index is 476. The van der Waals surface area contributed by atoms with Gasteiger partial charge in [0.05, 0.1) is 17.5 Å². The fraction of sp³-hybridized carbons (Fsp3) is 0.182. The van der Waals surface area contributed by atoms with Gasteiger partial charge in [-0.2, -0.15) is 0 Å². The highest BCUT2D eigenvalue weighted by atomic mass is 35.5. The molecule has 1 aromatic rings. The lowest BCUT2D eigenvalue weighted by molar-refractivity contribution is -0.384. The summed E-state index contributed by atoms with van der Waals surface area (Å²) in [7, 11) is 0. The number of nitro groups is 1. The van der Waals surface area contributed by atoms with Crippen LogP contribution in [0.15, 0.2) is 35.9 Å². The Morgan fingerprint density at radius 3 is 2.89 bits per heavy atom. The molecule has 0 saturated heterocycles. The quantitative estimate of drug-likeness (QED) is 0.632. The average molecular weight is 271 g/mol. The molecule has 0 atom stereocenters. The summed E-state index contributed by atoms with van der Waals surface area (Å²) >= 11 is 5.47. The van der Waals surface area contributed by atoms with E-state index in [0.29, 0.717) is 5.03 Å². The minimum atomic E-state index is -0.537. The van der Waals surface area contributed by atoms with Gasteiger partial charge >= 0.3 is 0 Å². The molecule has 0 spiro atoms. The second kappa shape index (κ2) is 6.61. The van der Waals surface area contributed by atoms with Gasteiger partial charge in [0.2, 0.25) is 0 Å². The van der Waals surface area contributed by atoms with E-state index in [0.717, 1.165) is 0 Å². The van der Waals surface area contributed by atoms with Gasteiger partial charge in [0.25, 0.3) is 11.6 Å². The van der Waals surface area contributed by atoms with E-state index < -0.39 is 4.92 Å². The van der Waals surface area contributed by atoms with Gasteiger partial charge in [-0.15, -0.1) is 0 Å². The maximum Gasteiger partial charge on any atom is 0.273 e. The number of carbonyl (C=O) groups excluding carboxylic acids is 1. The third-order valence-electron chi connectivity index (χ3n) is 1.88. The Labute approximate surface area is 108 Å². The van der Waals surface area contributed by atoms with E-state index in [4.69, 9.17) is 16.3 Å². The van der Waals surface area contributed by atoms with Crippen LogP contribution in [0.2, 0.25) is 0 Å². The Morgan fingerprint density at radius 2 is 2.28 bits per heavy atom. The first-order chi connectivity index (χ1) is 8.49. The van der Waals surface area contributed by atoms with Gasteiger partial charge in [0, 0.05) is 11.1 Å². The van der Waals surface area contributed by atoms with E-state index in [1.165, 1.54) is 24.3 Å². The molecule has 1 N–H and O–H groups in total. The summed E-state index contributed by atoms with van der Waals surface area (Å²) in [5.41, 5.74) is -0.0953. The molecule has 0 heterocycles. The monoisotopic (exact) mass is 270 g/mol. The van der Waals surface area contributed by atoms with Crippen LogP contribution in [0.25, 0.3) is 0 Å². The molecular formula is C11H11ClN2O4. The van der Waals surface area contributed by atoms with E-state index in [1.807, 2.05) is 0 Å². The number of hydrogen-bond acceptors (Lipinski definition) is 4. The van der Waals surface area contributed by atoms with Crippen LogP contribution in [-0.2, 0) is 4.79 Å². The zero-order valence-corrected chi connectivity index (χ0v) is 10.1. The van der Waals surface area contributed by atoms with Crippen molar-refractivity contribution in [3.8, 4) is 5.75 Å². The molecule has 0 radical (unpaired) electrons. The smallest absolute Gasteiger partial charge is 0.273 e. The molecule has 0 aliphatic rings. The molecule has 0 unspecified atom stereocenters. The number of ether oxygens (including phenoxy) is 1. The molecule has 0 bridgehead atoms. The van der Waals surface area contributed by atoms with Crippen molar-refractivity contribution in [2.24, 2.45) is 0 Å². The van der Waals surface area contributed by atoms with Crippen LogP contribution >= 0.6 is 11.6 Å². The molecule has 0 saturated carbocycles. The van der Waals surface area contributed by atoms with Crippen molar-refractivity contribution in [3.05, 3.63) is 46.0 Å². The molecular weight excluding hydrogens is 260 g/mol. The highest BCUT2D eigenvalue weighted by Gasteiger charge is 2.08. The molecule has 1 rings (SSSR count). The van der Waals surface area contributed by atoms with E-state index >= 15 is 0 Å². The molecule has 6 nitrogen and oxygen atoms in total. The van der Waals surface area contributed by atoms with Gasteiger partial charge in [-0.25, -0.2) is 0 Å². The van der Waals surface area contributed by atoms with Crippen molar-refractivity contribution in [2.45, 2.75) is 0 Å². The number of halogens is 1. The maximum atomic E-state index is 11.3. The van der Waals surface area contributed by atoms with Crippen LogP contribution in [0.1, 0.15) is 0 Å². The highest BCUT2D eigenvalue weighted by molar-refractivity contribution is 6.29. The Hall–Kier alpha value is -2.08. The number of nitrogens with zero attached hydrogens (tertiary/aromatic N) is 1. The molecule has 0 aliphatic carbocycles.